The summed E-state index contributed by atoms with van der Waals surface area (Å²) in [6.45, 7) is 1.75. The number of nitrogens with zero attached hydrogens (tertiary/aromatic N) is 3. The van der Waals surface area contributed by atoms with Crippen LogP contribution in [0.3, 0.4) is 0 Å². The molecule has 1 aliphatic rings. The third-order valence-corrected chi connectivity index (χ3v) is 4.91. The lowest BCUT2D eigenvalue weighted by Crippen LogP contribution is -2.30. The standard InChI is InChI=1S/C24H16N4O3/c1-2-31-24(30)18(14-26)22-21-12-16(15-8-4-3-5-9-15)17(13-25)23(29)28(21)20-11-7-6-10-19(20)27-22/h3-12,27H,2H2,1H3/b22-18-. The van der Waals surface area contributed by atoms with Gasteiger partial charge >= 0.3 is 5.97 Å². The number of esters is 1. The summed E-state index contributed by atoms with van der Waals surface area (Å²) in [7, 11) is 0. The van der Waals surface area contributed by atoms with Crippen molar-refractivity contribution in [3.8, 4) is 29.0 Å². The number of anilines is 1. The summed E-state index contributed by atoms with van der Waals surface area (Å²) < 4.78 is 6.39. The quantitative estimate of drug-likeness (QED) is 0.403. The molecule has 4 rings (SSSR count). The first-order valence-corrected chi connectivity index (χ1v) is 9.54. The Morgan fingerprint density at radius 1 is 1.10 bits per heavy atom. The number of para-hydroxylation sites is 2. The largest absolute Gasteiger partial charge is 0.462 e. The second kappa shape index (κ2) is 8.02. The number of ether oxygens (including phenoxy) is 1. The smallest absolute Gasteiger partial charge is 0.351 e. The average Bonchev–Trinajstić information content (AvgIpc) is 2.80. The first-order chi connectivity index (χ1) is 15.1. The van der Waals surface area contributed by atoms with Crippen molar-refractivity contribution in [1.82, 2.24) is 4.57 Å². The van der Waals surface area contributed by atoms with Crippen molar-refractivity contribution in [3.63, 3.8) is 0 Å². The van der Waals surface area contributed by atoms with Crippen LogP contribution in [0.1, 0.15) is 18.2 Å². The number of carbonyl (C=O) groups excluding carboxylic acids is 1. The Labute approximate surface area is 178 Å². The summed E-state index contributed by atoms with van der Waals surface area (Å²) in [5.74, 6) is -0.795. The van der Waals surface area contributed by atoms with E-state index in [1.807, 2.05) is 18.2 Å². The minimum atomic E-state index is -0.795. The molecule has 0 aliphatic carbocycles. The summed E-state index contributed by atoms with van der Waals surface area (Å²) in [6, 6.07) is 21.5. The Hall–Kier alpha value is -4.62. The fourth-order valence-corrected chi connectivity index (χ4v) is 3.56. The first kappa shape index (κ1) is 19.7. The third kappa shape index (κ3) is 3.25. The molecule has 0 spiro atoms. The lowest BCUT2D eigenvalue weighted by Gasteiger charge is -2.27. The minimum absolute atomic E-state index is 0.0272. The molecule has 1 aliphatic heterocycles. The zero-order valence-electron chi connectivity index (χ0n) is 16.5. The fraction of sp³-hybridized carbons (Fsp3) is 0.0833. The number of hydrogen-bond donors (Lipinski definition) is 1. The normalized spacial score (nSPS) is 13.0. The molecule has 7 nitrogen and oxygen atoms in total. The van der Waals surface area contributed by atoms with Crippen molar-refractivity contribution in [2.75, 3.05) is 11.9 Å². The lowest BCUT2D eigenvalue weighted by atomic mass is 9.97. The molecule has 2 aromatic carbocycles. The molecule has 3 aromatic rings. The van der Waals surface area contributed by atoms with Crippen molar-refractivity contribution in [2.45, 2.75) is 6.92 Å². The van der Waals surface area contributed by atoms with Gasteiger partial charge < -0.3 is 10.1 Å². The van der Waals surface area contributed by atoms with E-state index in [0.29, 0.717) is 28.2 Å². The predicted molar refractivity (Wildman–Crippen MR) is 115 cm³/mol. The fourth-order valence-electron chi connectivity index (χ4n) is 3.56. The second-order valence-electron chi connectivity index (χ2n) is 6.66. The van der Waals surface area contributed by atoms with Gasteiger partial charge in [0, 0.05) is 5.56 Å². The molecule has 1 N–H and O–H groups in total. The SMILES string of the molecule is CCOC(=O)/C(C#N)=C1\Nc2ccccc2-n2c1cc(-c1ccccc1)c(C#N)c2=O. The third-order valence-electron chi connectivity index (χ3n) is 4.91. The second-order valence-corrected chi connectivity index (χ2v) is 6.66. The van der Waals surface area contributed by atoms with Gasteiger partial charge in [0.2, 0.25) is 0 Å². The molecule has 0 bridgehead atoms. The maximum absolute atomic E-state index is 13.4. The van der Waals surface area contributed by atoms with Crippen LogP contribution in [-0.4, -0.2) is 17.1 Å². The number of nitrogens with one attached hydrogen (secondary N) is 1. The molecule has 0 saturated carbocycles. The number of benzene rings is 2. The molecule has 150 valence electrons. The molecule has 31 heavy (non-hydrogen) atoms. The molecule has 1 aromatic heterocycles. The van der Waals surface area contributed by atoms with Crippen molar-refractivity contribution < 1.29 is 9.53 Å². The minimum Gasteiger partial charge on any atom is -0.462 e. The van der Waals surface area contributed by atoms with Gasteiger partial charge in [0.05, 0.1) is 29.4 Å². The molecule has 0 saturated heterocycles. The van der Waals surface area contributed by atoms with Crippen molar-refractivity contribution in [3.05, 3.63) is 87.8 Å². The topological polar surface area (TPSA) is 108 Å². The Morgan fingerprint density at radius 2 is 1.81 bits per heavy atom. The van der Waals surface area contributed by atoms with Crippen LogP contribution in [0.15, 0.2) is 71.0 Å². The monoisotopic (exact) mass is 408 g/mol. The van der Waals surface area contributed by atoms with E-state index in [2.05, 4.69) is 5.32 Å². The predicted octanol–water partition coefficient (Wildman–Crippen LogP) is 3.60. The van der Waals surface area contributed by atoms with Gasteiger partial charge in [-0.15, -0.1) is 0 Å². The van der Waals surface area contributed by atoms with Crippen LogP contribution in [0, 0.1) is 22.7 Å². The van der Waals surface area contributed by atoms with Crippen LogP contribution in [0.4, 0.5) is 5.69 Å². The maximum atomic E-state index is 13.4. The van der Waals surface area contributed by atoms with Crippen LogP contribution in [-0.2, 0) is 9.53 Å². The number of hydrogen-bond acceptors (Lipinski definition) is 6. The highest BCUT2D eigenvalue weighted by molar-refractivity contribution is 6.05. The summed E-state index contributed by atoms with van der Waals surface area (Å²) >= 11 is 0. The number of nitriles is 2. The number of carbonyl (C=O) groups is 1. The molecule has 0 fully saturated rings. The Kier molecular flexibility index (Phi) is 5.09. The Bertz CT molecular complexity index is 1370. The number of rotatable bonds is 3. The Morgan fingerprint density at radius 3 is 2.48 bits per heavy atom. The lowest BCUT2D eigenvalue weighted by molar-refractivity contribution is -0.137. The van der Waals surface area contributed by atoms with Crippen LogP contribution in [0.5, 0.6) is 0 Å². The molecule has 0 atom stereocenters. The van der Waals surface area contributed by atoms with Gasteiger partial charge in [-0.25, -0.2) is 4.79 Å². The van der Waals surface area contributed by atoms with E-state index in [0.717, 1.165) is 0 Å². The highest BCUT2D eigenvalue weighted by atomic mass is 16.5. The van der Waals surface area contributed by atoms with E-state index >= 15 is 0 Å². The molecule has 0 radical (unpaired) electrons. The van der Waals surface area contributed by atoms with Gasteiger partial charge in [0.15, 0.2) is 5.57 Å². The summed E-state index contributed by atoms with van der Waals surface area (Å²) in [5, 5.41) is 22.6. The molecule has 7 heteroatoms. The molecule has 0 amide bonds. The summed E-state index contributed by atoms with van der Waals surface area (Å²) in [4.78, 5) is 25.9. The molecule has 2 heterocycles. The van der Waals surface area contributed by atoms with Crippen LogP contribution >= 0.6 is 0 Å². The highest BCUT2D eigenvalue weighted by Crippen LogP contribution is 2.35. The van der Waals surface area contributed by atoms with Gasteiger partial charge in [-0.2, -0.15) is 10.5 Å². The zero-order chi connectivity index (χ0) is 22.0. The average molecular weight is 408 g/mol. The molecular formula is C24H16N4O3. The van der Waals surface area contributed by atoms with E-state index in [1.54, 1.807) is 61.5 Å². The van der Waals surface area contributed by atoms with Gasteiger partial charge in [0.1, 0.15) is 17.7 Å². The number of fused-ring (bicyclic) bond motifs is 3. The first-order valence-electron chi connectivity index (χ1n) is 9.54. The highest BCUT2D eigenvalue weighted by Gasteiger charge is 2.29. The van der Waals surface area contributed by atoms with Gasteiger partial charge in [-0.05, 0) is 30.7 Å². The van der Waals surface area contributed by atoms with E-state index in [-0.39, 0.29) is 23.4 Å². The van der Waals surface area contributed by atoms with Crippen LogP contribution < -0.4 is 10.9 Å². The van der Waals surface area contributed by atoms with E-state index in [4.69, 9.17) is 4.74 Å². The van der Waals surface area contributed by atoms with Gasteiger partial charge in [-0.1, -0.05) is 42.5 Å². The van der Waals surface area contributed by atoms with Gasteiger partial charge in [0.25, 0.3) is 5.56 Å². The van der Waals surface area contributed by atoms with E-state index in [1.165, 1.54) is 4.57 Å². The maximum Gasteiger partial charge on any atom is 0.351 e. The van der Waals surface area contributed by atoms with Crippen LogP contribution in [0.2, 0.25) is 0 Å². The van der Waals surface area contributed by atoms with E-state index < -0.39 is 11.5 Å². The molecular weight excluding hydrogens is 392 g/mol. The zero-order valence-corrected chi connectivity index (χ0v) is 16.5. The van der Waals surface area contributed by atoms with E-state index in [9.17, 15) is 20.1 Å². The number of pyridine rings is 1. The van der Waals surface area contributed by atoms with Crippen molar-refractivity contribution >= 4 is 17.4 Å². The molecule has 0 unspecified atom stereocenters. The Balaban J connectivity index is 2.13. The summed E-state index contributed by atoms with van der Waals surface area (Å²) in [5.41, 5.74) is 1.76. The van der Waals surface area contributed by atoms with Gasteiger partial charge in [-0.3, -0.25) is 9.36 Å². The summed E-state index contributed by atoms with van der Waals surface area (Å²) in [6.07, 6.45) is 0. The number of aromatic nitrogens is 1. The van der Waals surface area contributed by atoms with Crippen molar-refractivity contribution in [2.24, 2.45) is 0 Å². The van der Waals surface area contributed by atoms with Crippen molar-refractivity contribution in [1.29, 1.82) is 10.5 Å². The van der Waals surface area contributed by atoms with Crippen LogP contribution in [0.25, 0.3) is 22.5 Å².